The van der Waals surface area contributed by atoms with Crippen molar-refractivity contribution in [2.24, 2.45) is 0 Å². The Labute approximate surface area is 158 Å². The van der Waals surface area contributed by atoms with E-state index in [9.17, 15) is 9.90 Å². The van der Waals surface area contributed by atoms with Crippen molar-refractivity contribution in [3.63, 3.8) is 0 Å². The van der Waals surface area contributed by atoms with Crippen LogP contribution < -0.4 is 11.1 Å². The van der Waals surface area contributed by atoms with Gasteiger partial charge in [-0.3, -0.25) is 0 Å². The first-order valence-corrected chi connectivity index (χ1v) is 9.14. The monoisotopic (exact) mass is 373 g/mol. The molecular formula is C19H27N5O3. The number of hydrogen-bond acceptors (Lipinski definition) is 7. The molecule has 1 aliphatic heterocycles. The lowest BCUT2D eigenvalue weighted by Crippen LogP contribution is -2.47. The largest absolute Gasteiger partial charge is 0.508 e. The molecule has 1 aliphatic rings. The fraction of sp³-hybridized carbons (Fsp3) is 0.526. The minimum absolute atomic E-state index is 0.0258. The molecular weight excluding hydrogens is 346 g/mol. The summed E-state index contributed by atoms with van der Waals surface area (Å²) in [5, 5.41) is 14.1. The third kappa shape index (κ3) is 4.50. The number of anilines is 2. The van der Waals surface area contributed by atoms with Gasteiger partial charge in [-0.15, -0.1) is 0 Å². The van der Waals surface area contributed by atoms with Crippen molar-refractivity contribution in [1.82, 2.24) is 14.9 Å². The van der Waals surface area contributed by atoms with E-state index in [-0.39, 0.29) is 23.8 Å². The minimum Gasteiger partial charge on any atom is -0.508 e. The van der Waals surface area contributed by atoms with Crippen LogP contribution in [0.5, 0.6) is 5.75 Å². The maximum atomic E-state index is 12.4. The second kappa shape index (κ2) is 7.09. The summed E-state index contributed by atoms with van der Waals surface area (Å²) in [4.78, 5) is 22.6. The fourth-order valence-electron chi connectivity index (χ4n) is 3.18. The lowest BCUT2D eigenvalue weighted by atomic mass is 10.1. The molecule has 0 unspecified atom stereocenters. The molecule has 1 amide bonds. The molecule has 8 nitrogen and oxygen atoms in total. The Morgan fingerprint density at radius 1 is 1.37 bits per heavy atom. The third-order valence-corrected chi connectivity index (χ3v) is 4.44. The van der Waals surface area contributed by atoms with Crippen LogP contribution in [-0.4, -0.2) is 50.8 Å². The highest BCUT2D eigenvalue weighted by atomic mass is 16.6. The Kier molecular flexibility index (Phi) is 4.99. The predicted octanol–water partition coefficient (Wildman–Crippen LogP) is 3.04. The van der Waals surface area contributed by atoms with Gasteiger partial charge in [0.25, 0.3) is 0 Å². The standard InChI is InChI=1S/C19H27N5O3/c1-11-8-13-14(9-15(11)25)22-17(20)23-16(13)21-12-6-5-7-24(10-12)18(26)27-19(2,3)4/h8-9,12,25H,5-7,10H2,1-4H3,(H3,20,21,22,23)/t12-/m1/s1. The second-order valence-electron chi connectivity index (χ2n) is 8.00. The van der Waals surface area contributed by atoms with Gasteiger partial charge in [-0.25, -0.2) is 9.78 Å². The number of benzene rings is 1. The third-order valence-electron chi connectivity index (χ3n) is 4.44. The van der Waals surface area contributed by atoms with Gasteiger partial charge in [-0.1, -0.05) is 0 Å². The quantitative estimate of drug-likeness (QED) is 0.741. The number of phenolic OH excluding ortho intramolecular Hbond substituents is 1. The Hall–Kier alpha value is -2.77. The van der Waals surface area contributed by atoms with E-state index in [1.807, 2.05) is 33.8 Å². The number of aromatic hydroxyl groups is 1. The molecule has 1 aromatic carbocycles. The van der Waals surface area contributed by atoms with E-state index < -0.39 is 5.60 Å². The molecule has 3 rings (SSSR count). The minimum atomic E-state index is -0.520. The molecule has 1 fully saturated rings. The number of likely N-dealkylation sites (tertiary alicyclic amines) is 1. The topological polar surface area (TPSA) is 114 Å². The molecule has 146 valence electrons. The molecule has 0 bridgehead atoms. The SMILES string of the molecule is Cc1cc2c(N[C@@H]3CCCN(C(=O)OC(C)(C)C)C3)nc(N)nc2cc1O. The first kappa shape index (κ1) is 19.0. The molecule has 2 aromatic rings. The average molecular weight is 373 g/mol. The summed E-state index contributed by atoms with van der Waals surface area (Å²) in [7, 11) is 0. The average Bonchev–Trinajstić information content (AvgIpc) is 2.55. The molecule has 4 N–H and O–H groups in total. The van der Waals surface area contributed by atoms with Gasteiger partial charge < -0.3 is 25.8 Å². The van der Waals surface area contributed by atoms with Gasteiger partial charge >= 0.3 is 6.09 Å². The van der Waals surface area contributed by atoms with Crippen LogP contribution in [0.1, 0.15) is 39.2 Å². The van der Waals surface area contributed by atoms with Crippen LogP contribution in [0.3, 0.4) is 0 Å². The van der Waals surface area contributed by atoms with E-state index in [4.69, 9.17) is 10.5 Å². The fourth-order valence-corrected chi connectivity index (χ4v) is 3.18. The van der Waals surface area contributed by atoms with Gasteiger partial charge in [0.15, 0.2) is 0 Å². The molecule has 27 heavy (non-hydrogen) atoms. The summed E-state index contributed by atoms with van der Waals surface area (Å²) in [5.41, 5.74) is 6.63. The van der Waals surface area contributed by atoms with Gasteiger partial charge in [0.1, 0.15) is 17.2 Å². The number of piperidine rings is 1. The summed E-state index contributed by atoms with van der Waals surface area (Å²) >= 11 is 0. The van der Waals surface area contributed by atoms with Gasteiger partial charge in [0, 0.05) is 30.6 Å². The smallest absolute Gasteiger partial charge is 0.410 e. The molecule has 0 saturated carbocycles. The number of nitrogens with two attached hydrogens (primary N) is 1. The van der Waals surface area contributed by atoms with Crippen molar-refractivity contribution in [1.29, 1.82) is 0 Å². The zero-order valence-corrected chi connectivity index (χ0v) is 16.2. The van der Waals surface area contributed by atoms with Crippen molar-refractivity contribution in [3.05, 3.63) is 17.7 Å². The van der Waals surface area contributed by atoms with Crippen LogP contribution in [0.2, 0.25) is 0 Å². The molecule has 0 radical (unpaired) electrons. The predicted molar refractivity (Wildman–Crippen MR) is 105 cm³/mol. The lowest BCUT2D eigenvalue weighted by Gasteiger charge is -2.34. The Morgan fingerprint density at radius 2 is 2.11 bits per heavy atom. The van der Waals surface area contributed by atoms with E-state index in [0.717, 1.165) is 23.8 Å². The molecule has 1 saturated heterocycles. The van der Waals surface area contributed by atoms with E-state index in [1.165, 1.54) is 0 Å². The van der Waals surface area contributed by atoms with E-state index in [0.29, 0.717) is 24.4 Å². The van der Waals surface area contributed by atoms with Gasteiger partial charge in [0.2, 0.25) is 5.95 Å². The van der Waals surface area contributed by atoms with Crippen LogP contribution >= 0.6 is 0 Å². The van der Waals surface area contributed by atoms with Crippen molar-refractivity contribution < 1.29 is 14.6 Å². The number of aromatic nitrogens is 2. The van der Waals surface area contributed by atoms with Crippen LogP contribution in [-0.2, 0) is 4.74 Å². The maximum Gasteiger partial charge on any atom is 0.410 e. The number of phenols is 1. The second-order valence-corrected chi connectivity index (χ2v) is 8.00. The van der Waals surface area contributed by atoms with Crippen LogP contribution in [0, 0.1) is 6.92 Å². The van der Waals surface area contributed by atoms with E-state index in [2.05, 4.69) is 15.3 Å². The Balaban J connectivity index is 1.80. The van der Waals surface area contributed by atoms with Crippen molar-refractivity contribution in [2.45, 2.75) is 52.2 Å². The maximum absolute atomic E-state index is 12.4. The summed E-state index contributed by atoms with van der Waals surface area (Å²) < 4.78 is 5.48. The summed E-state index contributed by atoms with van der Waals surface area (Å²) in [6.45, 7) is 8.60. The van der Waals surface area contributed by atoms with Crippen molar-refractivity contribution >= 4 is 28.8 Å². The summed E-state index contributed by atoms with van der Waals surface area (Å²) in [6.07, 6.45) is 1.47. The first-order valence-electron chi connectivity index (χ1n) is 9.14. The number of carbonyl (C=O) groups excluding carboxylic acids is 1. The molecule has 0 aliphatic carbocycles. The number of hydrogen-bond donors (Lipinski definition) is 3. The van der Waals surface area contributed by atoms with Gasteiger partial charge in [-0.05, 0) is 52.2 Å². The van der Waals surface area contributed by atoms with Crippen LogP contribution in [0.15, 0.2) is 12.1 Å². The molecule has 1 atom stereocenters. The molecule has 8 heteroatoms. The lowest BCUT2D eigenvalue weighted by molar-refractivity contribution is 0.0206. The number of carbonyl (C=O) groups is 1. The number of nitrogens with one attached hydrogen (secondary N) is 1. The Morgan fingerprint density at radius 3 is 2.81 bits per heavy atom. The number of nitrogens with zero attached hydrogens (tertiary/aromatic N) is 3. The van der Waals surface area contributed by atoms with E-state index >= 15 is 0 Å². The Bertz CT molecular complexity index is 863. The van der Waals surface area contributed by atoms with E-state index in [1.54, 1.807) is 11.0 Å². The number of fused-ring (bicyclic) bond motifs is 1. The zero-order valence-electron chi connectivity index (χ0n) is 16.2. The number of amides is 1. The normalized spacial score (nSPS) is 17.8. The molecule has 1 aromatic heterocycles. The number of rotatable bonds is 2. The van der Waals surface area contributed by atoms with Crippen molar-refractivity contribution in [3.8, 4) is 5.75 Å². The summed E-state index contributed by atoms with van der Waals surface area (Å²) in [5.74, 6) is 0.907. The highest BCUT2D eigenvalue weighted by Crippen LogP contribution is 2.29. The number of nitrogen functional groups attached to an aromatic ring is 1. The van der Waals surface area contributed by atoms with Gasteiger partial charge in [0.05, 0.1) is 5.52 Å². The zero-order chi connectivity index (χ0) is 19.8. The van der Waals surface area contributed by atoms with Crippen LogP contribution in [0.25, 0.3) is 10.9 Å². The number of ether oxygens (including phenoxy) is 1. The summed E-state index contributed by atoms with van der Waals surface area (Å²) in [6, 6.07) is 3.45. The highest BCUT2D eigenvalue weighted by molar-refractivity contribution is 5.91. The van der Waals surface area contributed by atoms with Gasteiger partial charge in [-0.2, -0.15) is 4.98 Å². The van der Waals surface area contributed by atoms with Crippen LogP contribution in [0.4, 0.5) is 16.6 Å². The first-order chi connectivity index (χ1) is 12.6. The van der Waals surface area contributed by atoms with Crippen molar-refractivity contribution in [2.75, 3.05) is 24.1 Å². The molecule has 2 heterocycles. The highest BCUT2D eigenvalue weighted by Gasteiger charge is 2.28. The molecule has 0 spiro atoms. The number of aryl methyl sites for hydroxylation is 1.